The summed E-state index contributed by atoms with van der Waals surface area (Å²) in [5.41, 5.74) is 2.44. The summed E-state index contributed by atoms with van der Waals surface area (Å²) in [5, 5.41) is 4.00. The molecule has 0 fully saturated rings. The molecule has 4 aromatic rings. The molecule has 2 heterocycles. The normalized spacial score (nSPS) is 11.9. The minimum Gasteiger partial charge on any atom is -0.495 e. The molecular formula is C34H38ClN3O10. The highest BCUT2D eigenvalue weighted by Crippen LogP contribution is 2.34. The lowest BCUT2D eigenvalue weighted by molar-refractivity contribution is -0.119. The van der Waals surface area contributed by atoms with Gasteiger partial charge in [-0.25, -0.2) is 4.79 Å². The molecular weight excluding hydrogens is 646 g/mol. The molecule has 0 radical (unpaired) electrons. The van der Waals surface area contributed by atoms with E-state index in [-0.39, 0.29) is 18.8 Å². The molecule has 2 unspecified atom stereocenters. The number of fused-ring (bicyclic) bond motifs is 1. The molecule has 2 atom stereocenters. The standard InChI is InChI=1S/C28H26ClN3O6.C6H12O4/c1-16(34)21-6-4-18(29)12-22(21)23-13-27(35)32(14-26(23)38-3)25(8-9-37-2)28(36)31-19-5-7-24-17(10-19)11-20(15-33)30-24;1-4-9-6(7)10-5(2)8-3/h4-7,10-15,25,30H,8-9H2,1-3H3,(H,31,36);5H,4H2,1-3H3. The smallest absolute Gasteiger partial charge is 0.495 e. The molecule has 0 aliphatic carbocycles. The number of nitrogens with zero attached hydrogens (tertiary/aromatic N) is 1. The lowest BCUT2D eigenvalue weighted by Gasteiger charge is -2.21. The van der Waals surface area contributed by atoms with Crippen molar-refractivity contribution in [3.63, 3.8) is 0 Å². The molecule has 0 saturated carbocycles. The van der Waals surface area contributed by atoms with Crippen LogP contribution in [-0.4, -0.2) is 74.5 Å². The summed E-state index contributed by atoms with van der Waals surface area (Å²) in [6, 6.07) is 12.1. The number of nitrogens with one attached hydrogen (secondary N) is 2. The number of hydrogen-bond donors (Lipinski definition) is 2. The van der Waals surface area contributed by atoms with E-state index in [2.05, 4.69) is 24.5 Å². The van der Waals surface area contributed by atoms with E-state index in [0.717, 1.165) is 10.9 Å². The van der Waals surface area contributed by atoms with E-state index < -0.39 is 30.0 Å². The molecule has 2 aromatic heterocycles. The number of rotatable bonds is 13. The Labute approximate surface area is 282 Å². The number of anilines is 1. The van der Waals surface area contributed by atoms with Crippen LogP contribution in [0.5, 0.6) is 5.75 Å². The minimum atomic E-state index is -0.926. The molecule has 14 heteroatoms. The predicted molar refractivity (Wildman–Crippen MR) is 180 cm³/mol. The largest absolute Gasteiger partial charge is 0.510 e. The molecule has 0 bridgehead atoms. The third-order valence-corrected chi connectivity index (χ3v) is 7.28. The summed E-state index contributed by atoms with van der Waals surface area (Å²) in [6.07, 6.45) is 1.14. The SMILES string of the molecule is CCOC(=O)OC(C)OC.COCCC(C(=O)Nc1ccc2[nH]c(C=O)cc2c1)n1cc(OC)c(-c2cc(Cl)ccc2C(C)=O)cc1=O. The second-order valence-electron chi connectivity index (χ2n) is 10.3. The van der Waals surface area contributed by atoms with Crippen LogP contribution in [0.3, 0.4) is 0 Å². The van der Waals surface area contributed by atoms with E-state index in [1.807, 2.05) is 0 Å². The molecule has 256 valence electrons. The maximum absolute atomic E-state index is 13.4. The maximum atomic E-state index is 13.4. The number of aromatic amines is 1. The minimum absolute atomic E-state index is 0.195. The Morgan fingerprint density at radius 1 is 1.04 bits per heavy atom. The number of halogens is 1. The molecule has 1 amide bonds. The predicted octanol–water partition coefficient (Wildman–Crippen LogP) is 6.04. The maximum Gasteiger partial charge on any atom is 0.510 e. The Hall–Kier alpha value is -4.98. The van der Waals surface area contributed by atoms with Crippen molar-refractivity contribution in [3.8, 4) is 16.9 Å². The highest BCUT2D eigenvalue weighted by atomic mass is 35.5. The van der Waals surface area contributed by atoms with Crippen LogP contribution in [0, 0.1) is 0 Å². The van der Waals surface area contributed by atoms with Crippen molar-refractivity contribution < 1.29 is 42.9 Å². The molecule has 0 aliphatic rings. The van der Waals surface area contributed by atoms with Crippen LogP contribution in [0.2, 0.25) is 5.02 Å². The van der Waals surface area contributed by atoms with Gasteiger partial charge in [-0.05, 0) is 68.8 Å². The van der Waals surface area contributed by atoms with Gasteiger partial charge in [-0.15, -0.1) is 0 Å². The first-order chi connectivity index (χ1) is 22.9. The fourth-order valence-electron chi connectivity index (χ4n) is 4.68. The molecule has 13 nitrogen and oxygen atoms in total. The fourth-order valence-corrected chi connectivity index (χ4v) is 4.85. The van der Waals surface area contributed by atoms with Crippen LogP contribution in [-0.2, 0) is 23.7 Å². The van der Waals surface area contributed by atoms with Gasteiger partial charge in [0.05, 0.1) is 25.6 Å². The van der Waals surface area contributed by atoms with Crippen molar-refractivity contribution in [3.05, 3.63) is 81.4 Å². The van der Waals surface area contributed by atoms with Gasteiger partial charge in [0.15, 0.2) is 12.1 Å². The van der Waals surface area contributed by atoms with Crippen molar-refractivity contribution in [2.45, 2.75) is 39.5 Å². The fraction of sp³-hybridized carbons (Fsp3) is 0.324. The number of ketones is 1. The zero-order valence-corrected chi connectivity index (χ0v) is 28.2. The van der Waals surface area contributed by atoms with Crippen LogP contribution in [0.1, 0.15) is 54.1 Å². The van der Waals surface area contributed by atoms with Gasteiger partial charge in [0, 0.05) is 66.1 Å². The number of pyridine rings is 1. The van der Waals surface area contributed by atoms with Gasteiger partial charge < -0.3 is 34.0 Å². The number of ether oxygens (including phenoxy) is 5. The Bertz CT molecular complexity index is 1820. The number of benzene rings is 2. The van der Waals surface area contributed by atoms with Crippen molar-refractivity contribution in [1.82, 2.24) is 9.55 Å². The Kier molecular flexibility index (Phi) is 13.9. The van der Waals surface area contributed by atoms with Gasteiger partial charge in [0.2, 0.25) is 12.2 Å². The number of hydrogen-bond acceptors (Lipinski definition) is 10. The van der Waals surface area contributed by atoms with Crippen molar-refractivity contribution in [1.29, 1.82) is 0 Å². The number of Topliss-reactive ketones (excluding diaryl/α,β-unsaturated/α-hetero) is 1. The third-order valence-electron chi connectivity index (χ3n) is 7.04. The average molecular weight is 684 g/mol. The number of methoxy groups -OCH3 is 3. The number of carbonyl (C=O) groups excluding carboxylic acids is 4. The van der Waals surface area contributed by atoms with Crippen molar-refractivity contribution in [2.75, 3.05) is 39.9 Å². The number of carbonyl (C=O) groups is 4. The first-order valence-corrected chi connectivity index (χ1v) is 15.2. The molecule has 0 aliphatic heterocycles. The number of amides is 1. The first kappa shape index (κ1) is 37.5. The summed E-state index contributed by atoms with van der Waals surface area (Å²) in [4.78, 5) is 63.5. The van der Waals surface area contributed by atoms with Crippen LogP contribution in [0.15, 0.2) is 59.5 Å². The monoisotopic (exact) mass is 683 g/mol. The number of aromatic nitrogens is 2. The molecule has 2 N–H and O–H groups in total. The highest BCUT2D eigenvalue weighted by molar-refractivity contribution is 6.31. The van der Waals surface area contributed by atoms with E-state index >= 15 is 0 Å². The molecule has 4 rings (SSSR count). The van der Waals surface area contributed by atoms with Gasteiger partial charge in [-0.2, -0.15) is 0 Å². The van der Waals surface area contributed by atoms with Crippen molar-refractivity contribution >= 4 is 52.3 Å². The average Bonchev–Trinajstić information content (AvgIpc) is 3.48. The van der Waals surface area contributed by atoms with E-state index in [4.69, 9.17) is 21.1 Å². The van der Waals surface area contributed by atoms with Crippen LogP contribution in [0.4, 0.5) is 10.5 Å². The van der Waals surface area contributed by atoms with Gasteiger partial charge in [-0.3, -0.25) is 23.7 Å². The van der Waals surface area contributed by atoms with Crippen molar-refractivity contribution in [2.24, 2.45) is 0 Å². The zero-order chi connectivity index (χ0) is 35.4. The quantitative estimate of drug-likeness (QED) is 0.0734. The number of H-pyrrole nitrogens is 1. The van der Waals surface area contributed by atoms with E-state index in [1.165, 1.54) is 45.1 Å². The van der Waals surface area contributed by atoms with Crippen LogP contribution >= 0.6 is 11.6 Å². The van der Waals surface area contributed by atoms with Gasteiger partial charge in [0.1, 0.15) is 11.8 Å². The molecule has 0 saturated heterocycles. The summed E-state index contributed by atoms with van der Waals surface area (Å²) < 4.78 is 25.7. The topological polar surface area (TPSA) is 164 Å². The summed E-state index contributed by atoms with van der Waals surface area (Å²) in [7, 11) is 4.40. The van der Waals surface area contributed by atoms with E-state index in [0.29, 0.717) is 51.7 Å². The summed E-state index contributed by atoms with van der Waals surface area (Å²) in [6.45, 7) is 5.28. The Morgan fingerprint density at radius 3 is 2.42 bits per heavy atom. The first-order valence-electron chi connectivity index (χ1n) is 14.8. The zero-order valence-electron chi connectivity index (χ0n) is 27.5. The summed E-state index contributed by atoms with van der Waals surface area (Å²) >= 11 is 6.19. The third kappa shape index (κ3) is 9.77. The second kappa shape index (κ2) is 17.8. The van der Waals surface area contributed by atoms with Gasteiger partial charge in [0.25, 0.3) is 5.56 Å². The Morgan fingerprint density at radius 2 is 1.79 bits per heavy atom. The summed E-state index contributed by atoms with van der Waals surface area (Å²) in [5.74, 6) is -0.337. The molecule has 2 aromatic carbocycles. The van der Waals surface area contributed by atoms with Gasteiger partial charge in [-0.1, -0.05) is 11.6 Å². The Balaban J connectivity index is 0.000000542. The van der Waals surface area contributed by atoms with Gasteiger partial charge >= 0.3 is 6.16 Å². The lowest BCUT2D eigenvalue weighted by Crippen LogP contribution is -2.34. The number of aldehydes is 1. The van der Waals surface area contributed by atoms with Crippen LogP contribution in [0.25, 0.3) is 22.0 Å². The van der Waals surface area contributed by atoms with Crippen LogP contribution < -0.4 is 15.6 Å². The molecule has 0 spiro atoms. The highest BCUT2D eigenvalue weighted by Gasteiger charge is 2.25. The molecule has 48 heavy (non-hydrogen) atoms. The lowest BCUT2D eigenvalue weighted by atomic mass is 9.97. The van der Waals surface area contributed by atoms with E-state index in [1.54, 1.807) is 56.3 Å². The van der Waals surface area contributed by atoms with E-state index in [9.17, 15) is 24.0 Å². The second-order valence-corrected chi connectivity index (χ2v) is 10.7.